The van der Waals surface area contributed by atoms with Crippen molar-refractivity contribution in [3.63, 3.8) is 0 Å². The monoisotopic (exact) mass is 190 g/mol. The van der Waals surface area contributed by atoms with Crippen molar-refractivity contribution >= 4 is 11.8 Å². The van der Waals surface area contributed by atoms with Crippen molar-refractivity contribution < 1.29 is 14.7 Å². The molecule has 0 saturated heterocycles. The molecule has 0 aromatic heterocycles. The third-order valence-electron chi connectivity index (χ3n) is 2.55. The molecule has 1 aliphatic carbocycles. The molecule has 1 N–H and O–H groups in total. The Morgan fingerprint density at radius 1 is 1.43 bits per heavy atom. The molecule has 1 atom stereocenters. The van der Waals surface area contributed by atoms with Gasteiger partial charge in [-0.25, -0.2) is 0 Å². The van der Waals surface area contributed by atoms with Gasteiger partial charge in [-0.05, 0) is 5.56 Å². The highest BCUT2D eigenvalue weighted by atomic mass is 16.4. The summed E-state index contributed by atoms with van der Waals surface area (Å²) in [5.74, 6) is -0.914. The van der Waals surface area contributed by atoms with Crippen LogP contribution < -0.4 is 0 Å². The summed E-state index contributed by atoms with van der Waals surface area (Å²) in [5.41, 5.74) is 1.58. The van der Waals surface area contributed by atoms with Crippen LogP contribution in [0.1, 0.15) is 34.7 Å². The van der Waals surface area contributed by atoms with E-state index in [9.17, 15) is 9.59 Å². The van der Waals surface area contributed by atoms with Crippen LogP contribution in [0.15, 0.2) is 24.3 Å². The summed E-state index contributed by atoms with van der Waals surface area (Å²) in [6.45, 7) is 0. The topological polar surface area (TPSA) is 54.4 Å². The zero-order valence-corrected chi connectivity index (χ0v) is 7.56. The van der Waals surface area contributed by atoms with E-state index in [0.29, 0.717) is 12.0 Å². The maximum atomic E-state index is 11.5. The van der Waals surface area contributed by atoms with Gasteiger partial charge in [0.25, 0.3) is 0 Å². The van der Waals surface area contributed by atoms with E-state index >= 15 is 0 Å². The molecule has 0 amide bonds. The molecular weight excluding hydrogens is 180 g/mol. The first kappa shape index (κ1) is 8.94. The molecule has 0 bridgehead atoms. The van der Waals surface area contributed by atoms with Crippen molar-refractivity contribution in [2.24, 2.45) is 0 Å². The molecule has 72 valence electrons. The second kappa shape index (κ2) is 3.25. The average molecular weight is 190 g/mol. The van der Waals surface area contributed by atoms with E-state index in [-0.39, 0.29) is 18.1 Å². The molecular formula is C11H10O3. The number of hydrogen-bond donors (Lipinski definition) is 1. The Kier molecular flexibility index (Phi) is 2.08. The van der Waals surface area contributed by atoms with Gasteiger partial charge < -0.3 is 5.11 Å². The minimum Gasteiger partial charge on any atom is -0.481 e. The summed E-state index contributed by atoms with van der Waals surface area (Å²) in [6.07, 6.45) is 0.383. The number of Topliss-reactive ketones (excluding diaryl/α,β-unsaturated/α-hetero) is 1. The van der Waals surface area contributed by atoms with Gasteiger partial charge in [0, 0.05) is 17.9 Å². The molecule has 0 heterocycles. The summed E-state index contributed by atoms with van der Waals surface area (Å²) in [7, 11) is 0. The second-order valence-electron chi connectivity index (χ2n) is 3.51. The SMILES string of the molecule is O=C(O)C[C@H]1CC(=O)c2ccccc21. The number of benzene rings is 1. The van der Waals surface area contributed by atoms with Crippen LogP contribution in [0.4, 0.5) is 0 Å². The van der Waals surface area contributed by atoms with Gasteiger partial charge in [-0.2, -0.15) is 0 Å². The van der Waals surface area contributed by atoms with Crippen molar-refractivity contribution in [2.75, 3.05) is 0 Å². The summed E-state index contributed by atoms with van der Waals surface area (Å²) in [5, 5.41) is 8.67. The number of carbonyl (C=O) groups excluding carboxylic acids is 1. The molecule has 1 aliphatic rings. The molecule has 0 aliphatic heterocycles. The van der Waals surface area contributed by atoms with Crippen molar-refractivity contribution in [3.8, 4) is 0 Å². The maximum Gasteiger partial charge on any atom is 0.303 e. The van der Waals surface area contributed by atoms with Crippen molar-refractivity contribution in [1.82, 2.24) is 0 Å². The minimum absolute atomic E-state index is 0.0444. The summed E-state index contributed by atoms with van der Waals surface area (Å²) >= 11 is 0. The Balaban J connectivity index is 2.34. The fraction of sp³-hybridized carbons (Fsp3) is 0.273. The van der Waals surface area contributed by atoms with E-state index in [4.69, 9.17) is 5.11 Å². The van der Waals surface area contributed by atoms with E-state index in [1.165, 1.54) is 0 Å². The zero-order valence-electron chi connectivity index (χ0n) is 7.56. The smallest absolute Gasteiger partial charge is 0.303 e. The van der Waals surface area contributed by atoms with Crippen LogP contribution in [-0.2, 0) is 4.79 Å². The lowest BCUT2D eigenvalue weighted by Gasteiger charge is -2.05. The number of carboxylic acids is 1. The number of rotatable bonds is 2. The molecule has 3 nitrogen and oxygen atoms in total. The van der Waals surface area contributed by atoms with Crippen molar-refractivity contribution in [3.05, 3.63) is 35.4 Å². The predicted octanol–water partition coefficient (Wildman–Crippen LogP) is 1.83. The first-order chi connectivity index (χ1) is 6.68. The van der Waals surface area contributed by atoms with Crippen molar-refractivity contribution in [2.45, 2.75) is 18.8 Å². The van der Waals surface area contributed by atoms with Gasteiger partial charge in [-0.1, -0.05) is 24.3 Å². The lowest BCUT2D eigenvalue weighted by Crippen LogP contribution is -2.03. The summed E-state index contributed by atoms with van der Waals surface area (Å²) in [6, 6.07) is 7.25. The largest absolute Gasteiger partial charge is 0.481 e. The summed E-state index contributed by atoms with van der Waals surface area (Å²) in [4.78, 5) is 22.0. The lowest BCUT2D eigenvalue weighted by atomic mass is 9.98. The molecule has 0 saturated carbocycles. The molecule has 0 radical (unpaired) electrons. The van der Waals surface area contributed by atoms with Crippen LogP contribution in [0.5, 0.6) is 0 Å². The fourth-order valence-electron chi connectivity index (χ4n) is 1.94. The molecule has 0 fully saturated rings. The second-order valence-corrected chi connectivity index (χ2v) is 3.51. The standard InChI is InChI=1S/C11H10O3/c12-10-5-7(6-11(13)14)8-3-1-2-4-9(8)10/h1-4,7H,5-6H2,(H,13,14)/t7-/m1/s1. The fourth-order valence-corrected chi connectivity index (χ4v) is 1.94. The van der Waals surface area contributed by atoms with Crippen LogP contribution >= 0.6 is 0 Å². The molecule has 14 heavy (non-hydrogen) atoms. The van der Waals surface area contributed by atoms with Crippen molar-refractivity contribution in [1.29, 1.82) is 0 Å². The average Bonchev–Trinajstić information content (AvgIpc) is 2.44. The van der Waals surface area contributed by atoms with Gasteiger partial charge in [0.2, 0.25) is 0 Å². The first-order valence-electron chi connectivity index (χ1n) is 4.52. The van der Waals surface area contributed by atoms with E-state index in [2.05, 4.69) is 0 Å². The van der Waals surface area contributed by atoms with Crippen LogP contribution in [0.25, 0.3) is 0 Å². The molecule has 0 unspecified atom stereocenters. The predicted molar refractivity (Wildman–Crippen MR) is 50.4 cm³/mol. The Morgan fingerprint density at radius 3 is 2.86 bits per heavy atom. The highest BCUT2D eigenvalue weighted by Gasteiger charge is 2.29. The van der Waals surface area contributed by atoms with Gasteiger partial charge in [0.05, 0.1) is 6.42 Å². The number of carbonyl (C=O) groups is 2. The van der Waals surface area contributed by atoms with Gasteiger partial charge in [-0.3, -0.25) is 9.59 Å². The molecule has 3 heteroatoms. The van der Waals surface area contributed by atoms with Crippen LogP contribution in [0.2, 0.25) is 0 Å². The Bertz CT molecular complexity index is 393. The Hall–Kier alpha value is -1.64. The quantitative estimate of drug-likeness (QED) is 0.774. The maximum absolute atomic E-state index is 11.5. The van der Waals surface area contributed by atoms with Gasteiger partial charge in [0.15, 0.2) is 5.78 Å². The number of carboxylic acid groups (broad SMARTS) is 1. The van der Waals surface area contributed by atoms with E-state index in [1.807, 2.05) is 12.1 Å². The van der Waals surface area contributed by atoms with Crippen LogP contribution in [-0.4, -0.2) is 16.9 Å². The highest BCUT2D eigenvalue weighted by Crippen LogP contribution is 2.34. The number of fused-ring (bicyclic) bond motifs is 1. The third-order valence-corrected chi connectivity index (χ3v) is 2.55. The van der Waals surface area contributed by atoms with E-state index < -0.39 is 5.97 Å². The Morgan fingerprint density at radius 2 is 2.14 bits per heavy atom. The third kappa shape index (κ3) is 1.41. The van der Waals surface area contributed by atoms with Gasteiger partial charge >= 0.3 is 5.97 Å². The molecule has 2 rings (SSSR count). The number of aliphatic carboxylic acids is 1. The minimum atomic E-state index is -0.848. The first-order valence-corrected chi connectivity index (χ1v) is 4.52. The lowest BCUT2D eigenvalue weighted by molar-refractivity contribution is -0.137. The molecule has 1 aromatic carbocycles. The van der Waals surface area contributed by atoms with E-state index in [0.717, 1.165) is 5.56 Å². The zero-order chi connectivity index (χ0) is 10.1. The molecule has 0 spiro atoms. The number of ketones is 1. The van der Waals surface area contributed by atoms with Crippen LogP contribution in [0.3, 0.4) is 0 Å². The van der Waals surface area contributed by atoms with Gasteiger partial charge in [0.1, 0.15) is 0 Å². The normalized spacial score (nSPS) is 19.4. The Labute approximate surface area is 81.4 Å². The molecule has 1 aromatic rings. The van der Waals surface area contributed by atoms with Gasteiger partial charge in [-0.15, -0.1) is 0 Å². The highest BCUT2D eigenvalue weighted by molar-refractivity contribution is 6.01. The number of hydrogen-bond acceptors (Lipinski definition) is 2. The summed E-state index contributed by atoms with van der Waals surface area (Å²) < 4.78 is 0. The van der Waals surface area contributed by atoms with Crippen LogP contribution in [0, 0.1) is 0 Å². The van der Waals surface area contributed by atoms with E-state index in [1.54, 1.807) is 12.1 Å².